The standard InChI is InChI=1S/C11H18N4OS/c1-12-4-5-13-10(16)11-14-8-3-6-15(2)7-9(8)17-11/h12H,3-7H2,1-2H3,(H,13,16). The largest absolute Gasteiger partial charge is 0.349 e. The number of rotatable bonds is 4. The van der Waals surface area contributed by atoms with Gasteiger partial charge in [0.2, 0.25) is 0 Å². The van der Waals surface area contributed by atoms with Crippen LogP contribution >= 0.6 is 11.3 Å². The molecule has 17 heavy (non-hydrogen) atoms. The molecule has 0 aromatic carbocycles. The molecule has 94 valence electrons. The number of thiazole rings is 1. The summed E-state index contributed by atoms with van der Waals surface area (Å²) in [5.74, 6) is -0.0534. The molecule has 0 aliphatic carbocycles. The molecule has 1 aromatic rings. The Bertz CT molecular complexity index is 404. The number of aromatic nitrogens is 1. The Morgan fingerprint density at radius 1 is 1.53 bits per heavy atom. The van der Waals surface area contributed by atoms with Crippen molar-refractivity contribution in [3.05, 3.63) is 15.6 Å². The summed E-state index contributed by atoms with van der Waals surface area (Å²) in [4.78, 5) is 19.7. The molecule has 0 fully saturated rings. The third kappa shape index (κ3) is 3.02. The second-order valence-electron chi connectivity index (χ2n) is 4.24. The number of fused-ring (bicyclic) bond motifs is 1. The predicted molar refractivity (Wildman–Crippen MR) is 68.4 cm³/mol. The minimum atomic E-state index is -0.0534. The van der Waals surface area contributed by atoms with Crippen LogP contribution < -0.4 is 10.6 Å². The summed E-state index contributed by atoms with van der Waals surface area (Å²) >= 11 is 1.52. The molecular weight excluding hydrogens is 236 g/mol. The highest BCUT2D eigenvalue weighted by Crippen LogP contribution is 2.24. The Morgan fingerprint density at radius 3 is 3.12 bits per heavy atom. The van der Waals surface area contributed by atoms with Gasteiger partial charge >= 0.3 is 0 Å². The molecule has 0 unspecified atom stereocenters. The van der Waals surface area contributed by atoms with Crippen LogP contribution in [0.5, 0.6) is 0 Å². The van der Waals surface area contributed by atoms with E-state index in [1.54, 1.807) is 0 Å². The van der Waals surface area contributed by atoms with Crippen molar-refractivity contribution in [2.75, 3.05) is 33.7 Å². The molecule has 0 bridgehead atoms. The van der Waals surface area contributed by atoms with Gasteiger partial charge in [-0.3, -0.25) is 4.79 Å². The molecule has 1 aliphatic heterocycles. The van der Waals surface area contributed by atoms with Gasteiger partial charge < -0.3 is 15.5 Å². The average molecular weight is 254 g/mol. The molecule has 1 aromatic heterocycles. The molecule has 2 heterocycles. The molecule has 2 N–H and O–H groups in total. The number of carbonyl (C=O) groups excluding carboxylic acids is 1. The third-order valence-electron chi connectivity index (χ3n) is 2.78. The lowest BCUT2D eigenvalue weighted by Crippen LogP contribution is -2.30. The van der Waals surface area contributed by atoms with Gasteiger partial charge in [-0.1, -0.05) is 0 Å². The van der Waals surface area contributed by atoms with Crippen LogP contribution in [0, 0.1) is 0 Å². The van der Waals surface area contributed by atoms with E-state index < -0.39 is 0 Å². The molecule has 2 rings (SSSR count). The Balaban J connectivity index is 2.00. The fraction of sp³-hybridized carbons (Fsp3) is 0.636. The van der Waals surface area contributed by atoms with Crippen LogP contribution in [0.1, 0.15) is 20.4 Å². The van der Waals surface area contributed by atoms with Crippen molar-refractivity contribution >= 4 is 17.2 Å². The van der Waals surface area contributed by atoms with E-state index in [4.69, 9.17) is 0 Å². The number of nitrogens with zero attached hydrogens (tertiary/aromatic N) is 2. The minimum Gasteiger partial charge on any atom is -0.349 e. The number of nitrogens with one attached hydrogen (secondary N) is 2. The minimum absolute atomic E-state index is 0.0534. The molecule has 0 saturated heterocycles. The Kier molecular flexibility index (Phi) is 4.09. The second-order valence-corrected chi connectivity index (χ2v) is 5.32. The lowest BCUT2D eigenvalue weighted by molar-refractivity contribution is 0.0953. The molecule has 1 amide bonds. The number of hydrogen-bond donors (Lipinski definition) is 2. The predicted octanol–water partition coefficient (Wildman–Crippen LogP) is 0.0802. The van der Waals surface area contributed by atoms with E-state index in [1.165, 1.54) is 16.2 Å². The first-order valence-corrected chi connectivity index (χ1v) is 6.62. The van der Waals surface area contributed by atoms with Crippen molar-refractivity contribution in [3.63, 3.8) is 0 Å². The Morgan fingerprint density at radius 2 is 2.35 bits per heavy atom. The van der Waals surface area contributed by atoms with Crippen molar-refractivity contribution in [2.24, 2.45) is 0 Å². The number of amides is 1. The van der Waals surface area contributed by atoms with Gasteiger partial charge in [0, 0.05) is 37.5 Å². The summed E-state index contributed by atoms with van der Waals surface area (Å²) in [6, 6.07) is 0. The lowest BCUT2D eigenvalue weighted by Gasteiger charge is -2.20. The zero-order chi connectivity index (χ0) is 12.3. The quantitative estimate of drug-likeness (QED) is 0.747. The van der Waals surface area contributed by atoms with E-state index in [0.717, 1.165) is 31.7 Å². The summed E-state index contributed by atoms with van der Waals surface area (Å²) in [6.45, 7) is 3.35. The summed E-state index contributed by atoms with van der Waals surface area (Å²) in [7, 11) is 3.96. The van der Waals surface area contributed by atoms with E-state index in [-0.39, 0.29) is 5.91 Å². The number of carbonyl (C=O) groups is 1. The zero-order valence-electron chi connectivity index (χ0n) is 10.2. The molecule has 5 nitrogen and oxygen atoms in total. The summed E-state index contributed by atoms with van der Waals surface area (Å²) in [6.07, 6.45) is 0.951. The van der Waals surface area contributed by atoms with Crippen LogP contribution in [0.25, 0.3) is 0 Å². The van der Waals surface area contributed by atoms with Crippen molar-refractivity contribution < 1.29 is 4.79 Å². The fourth-order valence-electron chi connectivity index (χ4n) is 1.80. The molecule has 1 aliphatic rings. The van der Waals surface area contributed by atoms with Gasteiger partial charge in [-0.15, -0.1) is 11.3 Å². The smallest absolute Gasteiger partial charge is 0.280 e. The summed E-state index contributed by atoms with van der Waals surface area (Å²) in [5.41, 5.74) is 1.10. The highest BCUT2D eigenvalue weighted by molar-refractivity contribution is 7.13. The van der Waals surface area contributed by atoms with Crippen molar-refractivity contribution in [1.82, 2.24) is 20.5 Å². The van der Waals surface area contributed by atoms with Crippen molar-refractivity contribution in [3.8, 4) is 0 Å². The molecule has 0 atom stereocenters. The van der Waals surface area contributed by atoms with Crippen molar-refractivity contribution in [1.29, 1.82) is 0 Å². The van der Waals surface area contributed by atoms with E-state index in [9.17, 15) is 4.79 Å². The van der Waals surface area contributed by atoms with E-state index >= 15 is 0 Å². The van der Waals surface area contributed by atoms with E-state index in [2.05, 4.69) is 27.6 Å². The maximum atomic E-state index is 11.8. The van der Waals surface area contributed by atoms with Gasteiger partial charge in [0.1, 0.15) is 0 Å². The van der Waals surface area contributed by atoms with Crippen LogP contribution in [0.3, 0.4) is 0 Å². The SMILES string of the molecule is CNCCNC(=O)c1nc2c(s1)CN(C)CC2. The summed E-state index contributed by atoms with van der Waals surface area (Å²) < 4.78 is 0. The first-order valence-electron chi connectivity index (χ1n) is 5.80. The van der Waals surface area contributed by atoms with Crippen LogP contribution in [-0.2, 0) is 13.0 Å². The van der Waals surface area contributed by atoms with Crippen LogP contribution in [0.2, 0.25) is 0 Å². The number of hydrogen-bond acceptors (Lipinski definition) is 5. The highest BCUT2D eigenvalue weighted by atomic mass is 32.1. The maximum absolute atomic E-state index is 11.8. The third-order valence-corrected chi connectivity index (χ3v) is 3.86. The molecule has 0 spiro atoms. The topological polar surface area (TPSA) is 57.3 Å². The Labute approximate surface area is 105 Å². The van der Waals surface area contributed by atoms with Gasteiger partial charge in [0.15, 0.2) is 5.01 Å². The highest BCUT2D eigenvalue weighted by Gasteiger charge is 2.20. The molecular formula is C11H18N4OS. The van der Waals surface area contributed by atoms with Gasteiger partial charge in [-0.2, -0.15) is 0 Å². The fourth-order valence-corrected chi connectivity index (χ4v) is 2.90. The molecule has 0 saturated carbocycles. The monoisotopic (exact) mass is 254 g/mol. The van der Waals surface area contributed by atoms with E-state index in [0.29, 0.717) is 11.6 Å². The van der Waals surface area contributed by atoms with Crippen LogP contribution in [0.15, 0.2) is 0 Å². The van der Waals surface area contributed by atoms with Crippen molar-refractivity contribution in [2.45, 2.75) is 13.0 Å². The Hall–Kier alpha value is -0.980. The van der Waals surface area contributed by atoms with Crippen LogP contribution in [-0.4, -0.2) is 49.5 Å². The summed E-state index contributed by atoms with van der Waals surface area (Å²) in [5, 5.41) is 6.44. The van der Waals surface area contributed by atoms with Gasteiger partial charge in [-0.05, 0) is 14.1 Å². The van der Waals surface area contributed by atoms with Gasteiger partial charge in [0.25, 0.3) is 5.91 Å². The van der Waals surface area contributed by atoms with Gasteiger partial charge in [0.05, 0.1) is 5.69 Å². The second kappa shape index (κ2) is 5.57. The van der Waals surface area contributed by atoms with E-state index in [1.807, 2.05) is 7.05 Å². The van der Waals surface area contributed by atoms with Crippen LogP contribution in [0.4, 0.5) is 0 Å². The zero-order valence-corrected chi connectivity index (χ0v) is 11.1. The number of likely N-dealkylation sites (N-methyl/N-ethyl adjacent to an activating group) is 2. The first kappa shape index (κ1) is 12.5. The molecule has 0 radical (unpaired) electrons. The molecule has 6 heteroatoms. The average Bonchev–Trinajstić information content (AvgIpc) is 2.72. The maximum Gasteiger partial charge on any atom is 0.280 e. The lowest BCUT2D eigenvalue weighted by atomic mass is 10.2. The first-order chi connectivity index (χ1) is 8.20. The normalized spacial score (nSPS) is 15.6. The van der Waals surface area contributed by atoms with Gasteiger partial charge in [-0.25, -0.2) is 4.98 Å².